The summed E-state index contributed by atoms with van der Waals surface area (Å²) in [6.07, 6.45) is 6.32. The van der Waals surface area contributed by atoms with Crippen molar-refractivity contribution in [1.29, 1.82) is 0 Å². The van der Waals surface area contributed by atoms with Gasteiger partial charge in [-0.1, -0.05) is 6.42 Å². The topological polar surface area (TPSA) is 50.2 Å². The highest BCUT2D eigenvalue weighted by Crippen LogP contribution is 2.19. The Balaban J connectivity index is 1.71. The van der Waals surface area contributed by atoms with E-state index in [1.165, 1.54) is 37.1 Å². The molecule has 1 unspecified atom stereocenters. The van der Waals surface area contributed by atoms with Gasteiger partial charge in [-0.15, -0.1) is 0 Å². The number of carbonyl (C=O) groups excluding carboxylic acids is 1. The zero-order valence-electron chi connectivity index (χ0n) is 15.2. The summed E-state index contributed by atoms with van der Waals surface area (Å²) in [5.41, 5.74) is 3.59. The van der Waals surface area contributed by atoms with Crippen LogP contribution in [0, 0.1) is 13.8 Å². The Bertz CT molecular complexity index is 523. The number of rotatable bonds is 7. The Morgan fingerprint density at radius 3 is 2.78 bits per heavy atom. The molecule has 1 fully saturated rings. The zero-order chi connectivity index (χ0) is 16.8. The number of hydrogen-bond donors (Lipinski definition) is 1. The van der Waals surface area contributed by atoms with E-state index in [4.69, 9.17) is 0 Å². The molecule has 0 spiro atoms. The molecule has 0 saturated carbocycles. The van der Waals surface area contributed by atoms with Crippen molar-refractivity contribution in [2.24, 2.45) is 0 Å². The lowest BCUT2D eigenvalue weighted by atomic mass is 9.98. The van der Waals surface area contributed by atoms with Crippen molar-refractivity contribution in [2.45, 2.75) is 71.9 Å². The summed E-state index contributed by atoms with van der Waals surface area (Å²) in [5, 5.41) is 7.60. The molecule has 1 saturated heterocycles. The van der Waals surface area contributed by atoms with Gasteiger partial charge in [-0.3, -0.25) is 9.48 Å². The van der Waals surface area contributed by atoms with Crippen molar-refractivity contribution < 1.29 is 4.79 Å². The molecule has 0 bridgehead atoms. The van der Waals surface area contributed by atoms with Crippen LogP contribution in [0.2, 0.25) is 0 Å². The zero-order valence-corrected chi connectivity index (χ0v) is 15.2. The molecule has 1 aromatic rings. The fourth-order valence-corrected chi connectivity index (χ4v) is 3.63. The molecule has 1 aliphatic heterocycles. The second kappa shape index (κ2) is 8.48. The van der Waals surface area contributed by atoms with Gasteiger partial charge in [0, 0.05) is 31.2 Å². The average molecular weight is 320 g/mol. The number of likely N-dealkylation sites (tertiary alicyclic amines) is 1. The molecule has 130 valence electrons. The molecule has 1 amide bonds. The van der Waals surface area contributed by atoms with E-state index in [0.29, 0.717) is 19.0 Å². The summed E-state index contributed by atoms with van der Waals surface area (Å²) < 4.78 is 2.03. The monoisotopic (exact) mass is 320 g/mol. The van der Waals surface area contributed by atoms with Crippen LogP contribution in [0.25, 0.3) is 0 Å². The predicted octanol–water partition coefficient (Wildman–Crippen LogP) is 2.44. The van der Waals surface area contributed by atoms with E-state index in [1.807, 2.05) is 4.68 Å². The fraction of sp³-hybridized carbons (Fsp3) is 0.778. The minimum atomic E-state index is 0.183. The predicted molar refractivity (Wildman–Crippen MR) is 93.6 cm³/mol. The van der Waals surface area contributed by atoms with E-state index < -0.39 is 0 Å². The molecule has 1 aromatic heterocycles. The first-order valence-electron chi connectivity index (χ1n) is 9.02. The molecule has 0 aromatic carbocycles. The quantitative estimate of drug-likeness (QED) is 0.839. The van der Waals surface area contributed by atoms with Crippen molar-refractivity contribution in [2.75, 3.05) is 20.1 Å². The van der Waals surface area contributed by atoms with E-state index in [9.17, 15) is 4.79 Å². The minimum Gasteiger partial charge on any atom is -0.356 e. The minimum absolute atomic E-state index is 0.183. The van der Waals surface area contributed by atoms with Crippen LogP contribution in [0.1, 0.15) is 56.0 Å². The normalized spacial score (nSPS) is 19.0. The van der Waals surface area contributed by atoms with Gasteiger partial charge in [0.05, 0.1) is 5.69 Å². The van der Waals surface area contributed by atoms with Crippen LogP contribution in [-0.2, 0) is 17.8 Å². The Kier molecular flexibility index (Phi) is 6.63. The van der Waals surface area contributed by atoms with E-state index >= 15 is 0 Å². The third-order valence-electron chi connectivity index (χ3n) is 5.15. The number of amides is 1. The standard InChI is InChI=1S/C18H32N4O/c1-5-22-15(3)17(14(2)20-22)11-12-19-18(23)10-9-16-8-6-7-13-21(16)4/h16H,5-13H2,1-4H3,(H,19,23). The van der Waals surface area contributed by atoms with Gasteiger partial charge in [0.2, 0.25) is 5.91 Å². The molecule has 1 aliphatic rings. The van der Waals surface area contributed by atoms with E-state index in [-0.39, 0.29) is 5.91 Å². The maximum Gasteiger partial charge on any atom is 0.220 e. The van der Waals surface area contributed by atoms with E-state index in [2.05, 4.69) is 43.1 Å². The number of nitrogens with one attached hydrogen (secondary N) is 1. The number of aromatic nitrogens is 2. The van der Waals surface area contributed by atoms with Crippen LogP contribution in [-0.4, -0.2) is 46.8 Å². The Labute approximate surface area is 140 Å². The molecular formula is C18H32N4O. The molecule has 0 radical (unpaired) electrons. The number of carbonyl (C=O) groups is 1. The van der Waals surface area contributed by atoms with Crippen molar-refractivity contribution in [3.05, 3.63) is 17.0 Å². The average Bonchev–Trinajstić information content (AvgIpc) is 2.81. The summed E-state index contributed by atoms with van der Waals surface area (Å²) in [5.74, 6) is 0.183. The molecular weight excluding hydrogens is 288 g/mol. The third-order valence-corrected chi connectivity index (χ3v) is 5.15. The van der Waals surface area contributed by atoms with Gasteiger partial charge in [0.25, 0.3) is 0 Å². The Morgan fingerprint density at radius 1 is 1.35 bits per heavy atom. The number of aryl methyl sites for hydroxylation is 2. The molecule has 23 heavy (non-hydrogen) atoms. The summed E-state index contributed by atoms with van der Waals surface area (Å²) in [7, 11) is 2.18. The van der Waals surface area contributed by atoms with Gasteiger partial charge in [0.15, 0.2) is 0 Å². The molecule has 0 aliphatic carbocycles. The lowest BCUT2D eigenvalue weighted by Gasteiger charge is -2.32. The SMILES string of the molecule is CCn1nc(C)c(CCNC(=O)CCC2CCCCN2C)c1C. The number of piperidine rings is 1. The summed E-state index contributed by atoms with van der Waals surface area (Å²) >= 11 is 0. The Morgan fingerprint density at radius 2 is 2.13 bits per heavy atom. The highest BCUT2D eigenvalue weighted by atomic mass is 16.1. The molecule has 5 heteroatoms. The maximum absolute atomic E-state index is 12.1. The first-order valence-corrected chi connectivity index (χ1v) is 9.02. The van der Waals surface area contributed by atoms with E-state index in [1.54, 1.807) is 0 Å². The largest absolute Gasteiger partial charge is 0.356 e. The van der Waals surface area contributed by atoms with Gasteiger partial charge >= 0.3 is 0 Å². The van der Waals surface area contributed by atoms with Crippen molar-refractivity contribution >= 4 is 5.91 Å². The van der Waals surface area contributed by atoms with Crippen molar-refractivity contribution in [3.8, 4) is 0 Å². The second-order valence-corrected chi connectivity index (χ2v) is 6.73. The van der Waals surface area contributed by atoms with Gasteiger partial charge in [-0.2, -0.15) is 5.10 Å². The Hall–Kier alpha value is -1.36. The van der Waals surface area contributed by atoms with Crippen LogP contribution in [0.5, 0.6) is 0 Å². The van der Waals surface area contributed by atoms with Crippen molar-refractivity contribution in [1.82, 2.24) is 20.0 Å². The number of hydrogen-bond acceptors (Lipinski definition) is 3. The van der Waals surface area contributed by atoms with E-state index in [0.717, 1.165) is 25.1 Å². The maximum atomic E-state index is 12.1. The first kappa shape index (κ1) is 18.0. The molecule has 5 nitrogen and oxygen atoms in total. The highest BCUT2D eigenvalue weighted by Gasteiger charge is 2.19. The molecule has 1 N–H and O–H groups in total. The number of nitrogens with zero attached hydrogens (tertiary/aromatic N) is 3. The van der Waals surface area contributed by atoms with Crippen LogP contribution in [0.3, 0.4) is 0 Å². The molecule has 2 heterocycles. The van der Waals surface area contributed by atoms with Crippen LogP contribution >= 0.6 is 0 Å². The summed E-state index contributed by atoms with van der Waals surface area (Å²) in [6.45, 7) is 9.04. The lowest BCUT2D eigenvalue weighted by Crippen LogP contribution is -2.37. The third kappa shape index (κ3) is 4.80. The summed E-state index contributed by atoms with van der Waals surface area (Å²) in [6, 6.07) is 0.585. The smallest absolute Gasteiger partial charge is 0.220 e. The van der Waals surface area contributed by atoms with Crippen LogP contribution in [0.15, 0.2) is 0 Å². The first-order chi connectivity index (χ1) is 11.0. The van der Waals surface area contributed by atoms with Gasteiger partial charge in [-0.25, -0.2) is 0 Å². The van der Waals surface area contributed by atoms with Crippen LogP contribution in [0.4, 0.5) is 0 Å². The lowest BCUT2D eigenvalue weighted by molar-refractivity contribution is -0.121. The second-order valence-electron chi connectivity index (χ2n) is 6.73. The fourth-order valence-electron chi connectivity index (χ4n) is 3.63. The van der Waals surface area contributed by atoms with Gasteiger partial charge in [0.1, 0.15) is 0 Å². The molecule has 2 rings (SSSR count). The van der Waals surface area contributed by atoms with Crippen molar-refractivity contribution in [3.63, 3.8) is 0 Å². The summed E-state index contributed by atoms with van der Waals surface area (Å²) in [4.78, 5) is 14.5. The van der Waals surface area contributed by atoms with Crippen LogP contribution < -0.4 is 5.32 Å². The molecule has 1 atom stereocenters. The highest BCUT2D eigenvalue weighted by molar-refractivity contribution is 5.75. The van der Waals surface area contributed by atoms with Gasteiger partial charge < -0.3 is 10.2 Å². The van der Waals surface area contributed by atoms with Gasteiger partial charge in [-0.05, 0) is 65.6 Å².